The third-order valence-electron chi connectivity index (χ3n) is 3.53. The molecule has 3 aromatic rings. The van der Waals surface area contributed by atoms with E-state index in [9.17, 15) is 4.79 Å². The van der Waals surface area contributed by atoms with E-state index in [1.165, 1.54) is 0 Å². The van der Waals surface area contributed by atoms with Gasteiger partial charge >= 0.3 is 0 Å². The Morgan fingerprint density at radius 1 is 1.32 bits per heavy atom. The van der Waals surface area contributed by atoms with Crippen LogP contribution in [0.4, 0.5) is 0 Å². The molecule has 3 aromatic heterocycles. The molecule has 0 spiro atoms. The summed E-state index contributed by atoms with van der Waals surface area (Å²) in [7, 11) is 1.56. The molecule has 0 aliphatic rings. The van der Waals surface area contributed by atoms with Gasteiger partial charge in [-0.1, -0.05) is 6.92 Å². The van der Waals surface area contributed by atoms with E-state index in [0.717, 1.165) is 24.4 Å². The van der Waals surface area contributed by atoms with Gasteiger partial charge in [-0.05, 0) is 19.4 Å². The van der Waals surface area contributed by atoms with Crippen molar-refractivity contribution in [2.24, 2.45) is 5.73 Å². The monoisotopic (exact) mass is 299 g/mol. The number of imidazole rings is 1. The number of amides is 1. The number of ether oxygens (including phenoxy) is 1. The molecular weight excluding hydrogens is 282 g/mol. The number of methoxy groups -OCH3 is 1. The second-order valence-electron chi connectivity index (χ2n) is 5.07. The number of hydrogen-bond acceptors (Lipinski definition) is 5. The molecule has 3 rings (SSSR count). The van der Waals surface area contributed by atoms with Gasteiger partial charge in [-0.2, -0.15) is 4.98 Å². The number of carbonyl (C=O) groups excluding carboxylic acids is 1. The Labute approximate surface area is 127 Å². The summed E-state index contributed by atoms with van der Waals surface area (Å²) < 4.78 is 7.06. The number of fused-ring (bicyclic) bond motifs is 3. The van der Waals surface area contributed by atoms with E-state index in [4.69, 9.17) is 10.5 Å². The summed E-state index contributed by atoms with van der Waals surface area (Å²) in [6.45, 7) is 3.91. The Morgan fingerprint density at radius 3 is 2.73 bits per heavy atom. The molecule has 7 nitrogen and oxygen atoms in total. The lowest BCUT2D eigenvalue weighted by molar-refractivity contribution is 0.0997. The molecule has 0 aliphatic carbocycles. The number of nitrogens with two attached hydrogens (primary N) is 1. The molecule has 22 heavy (non-hydrogen) atoms. The molecule has 0 radical (unpaired) electrons. The molecule has 0 saturated carbocycles. The summed E-state index contributed by atoms with van der Waals surface area (Å²) in [6.07, 6.45) is 1.70. The van der Waals surface area contributed by atoms with Crippen LogP contribution in [0.2, 0.25) is 0 Å². The number of carbonyl (C=O) groups is 1. The van der Waals surface area contributed by atoms with Crippen LogP contribution in [0.25, 0.3) is 16.7 Å². The summed E-state index contributed by atoms with van der Waals surface area (Å²) in [4.78, 5) is 25.2. The van der Waals surface area contributed by atoms with Crippen LogP contribution in [-0.2, 0) is 6.42 Å². The van der Waals surface area contributed by atoms with E-state index in [1.807, 2.05) is 11.3 Å². The number of aromatic nitrogens is 4. The van der Waals surface area contributed by atoms with Crippen molar-refractivity contribution in [2.75, 3.05) is 7.11 Å². The third kappa shape index (κ3) is 2.05. The lowest BCUT2D eigenvalue weighted by Gasteiger charge is -2.08. The Bertz CT molecular complexity index is 885. The maximum Gasteiger partial charge on any atom is 0.269 e. The number of rotatable bonds is 4. The topological polar surface area (TPSA) is 95.4 Å². The molecule has 0 aromatic carbocycles. The van der Waals surface area contributed by atoms with E-state index in [1.54, 1.807) is 19.2 Å². The maximum atomic E-state index is 11.8. The highest BCUT2D eigenvalue weighted by Crippen LogP contribution is 2.24. The van der Waals surface area contributed by atoms with Crippen molar-refractivity contribution in [3.05, 3.63) is 29.3 Å². The minimum atomic E-state index is -0.575. The highest BCUT2D eigenvalue weighted by molar-refractivity contribution is 6.00. The first-order valence-corrected chi connectivity index (χ1v) is 7.09. The van der Waals surface area contributed by atoms with Gasteiger partial charge in [-0.15, -0.1) is 0 Å². The summed E-state index contributed by atoms with van der Waals surface area (Å²) in [5.41, 5.74) is 8.23. The van der Waals surface area contributed by atoms with Gasteiger partial charge in [0.2, 0.25) is 5.88 Å². The Hall–Kier alpha value is -2.70. The summed E-state index contributed by atoms with van der Waals surface area (Å²) in [5.74, 6) is 0.746. The van der Waals surface area contributed by atoms with E-state index in [-0.39, 0.29) is 5.69 Å². The Morgan fingerprint density at radius 2 is 2.09 bits per heavy atom. The zero-order valence-corrected chi connectivity index (χ0v) is 12.8. The lowest BCUT2D eigenvalue weighted by Crippen LogP contribution is -2.16. The molecule has 3 heterocycles. The van der Waals surface area contributed by atoms with Crippen molar-refractivity contribution in [3.8, 4) is 5.88 Å². The van der Waals surface area contributed by atoms with Crippen LogP contribution in [0, 0.1) is 6.92 Å². The predicted octanol–water partition coefficient (Wildman–Crippen LogP) is 1.65. The molecule has 2 N–H and O–H groups in total. The normalized spacial score (nSPS) is 11.2. The fourth-order valence-electron chi connectivity index (χ4n) is 2.62. The van der Waals surface area contributed by atoms with Crippen molar-refractivity contribution >= 4 is 22.6 Å². The minimum Gasteiger partial charge on any atom is -0.481 e. The molecular formula is C15H17N5O2. The number of aryl methyl sites for hydroxylation is 2. The van der Waals surface area contributed by atoms with Crippen LogP contribution in [0.1, 0.15) is 35.4 Å². The highest BCUT2D eigenvalue weighted by Gasteiger charge is 2.20. The fourth-order valence-corrected chi connectivity index (χ4v) is 2.62. The molecule has 0 aliphatic heterocycles. The van der Waals surface area contributed by atoms with Crippen LogP contribution in [0.15, 0.2) is 12.1 Å². The molecule has 114 valence electrons. The molecule has 7 heteroatoms. The van der Waals surface area contributed by atoms with E-state index in [2.05, 4.69) is 21.9 Å². The van der Waals surface area contributed by atoms with E-state index < -0.39 is 5.91 Å². The van der Waals surface area contributed by atoms with Crippen molar-refractivity contribution < 1.29 is 9.53 Å². The van der Waals surface area contributed by atoms with Gasteiger partial charge in [-0.25, -0.2) is 9.97 Å². The van der Waals surface area contributed by atoms with Crippen LogP contribution < -0.4 is 10.5 Å². The van der Waals surface area contributed by atoms with Crippen molar-refractivity contribution in [3.63, 3.8) is 0 Å². The molecule has 0 unspecified atom stereocenters. The van der Waals surface area contributed by atoms with Crippen LogP contribution in [0.5, 0.6) is 5.88 Å². The van der Waals surface area contributed by atoms with Crippen molar-refractivity contribution in [1.82, 2.24) is 19.4 Å². The van der Waals surface area contributed by atoms with Crippen molar-refractivity contribution in [1.29, 1.82) is 0 Å². The quantitative estimate of drug-likeness (QED) is 0.790. The first-order valence-electron chi connectivity index (χ1n) is 7.09. The smallest absolute Gasteiger partial charge is 0.269 e. The molecule has 0 bridgehead atoms. The van der Waals surface area contributed by atoms with Gasteiger partial charge < -0.3 is 10.5 Å². The largest absolute Gasteiger partial charge is 0.481 e. The highest BCUT2D eigenvalue weighted by atomic mass is 16.5. The van der Waals surface area contributed by atoms with Gasteiger partial charge in [0.05, 0.1) is 12.8 Å². The number of nitrogens with zero attached hydrogens (tertiary/aromatic N) is 4. The van der Waals surface area contributed by atoms with Gasteiger partial charge in [0.1, 0.15) is 16.9 Å². The van der Waals surface area contributed by atoms with E-state index >= 15 is 0 Å². The maximum absolute atomic E-state index is 11.8. The van der Waals surface area contributed by atoms with Gasteiger partial charge in [0.15, 0.2) is 11.3 Å². The average Bonchev–Trinajstić information content (AvgIpc) is 2.83. The Kier molecular flexibility index (Phi) is 3.40. The summed E-state index contributed by atoms with van der Waals surface area (Å²) in [6, 6.07) is 3.47. The molecule has 0 fully saturated rings. The number of hydrogen-bond donors (Lipinski definition) is 1. The molecule has 1 amide bonds. The van der Waals surface area contributed by atoms with Crippen LogP contribution in [0.3, 0.4) is 0 Å². The molecule has 0 atom stereocenters. The van der Waals surface area contributed by atoms with Crippen molar-refractivity contribution in [2.45, 2.75) is 26.7 Å². The summed E-state index contributed by atoms with van der Waals surface area (Å²) in [5, 5.41) is 0. The predicted molar refractivity (Wildman–Crippen MR) is 82.1 cm³/mol. The SMILES string of the molecule is CCCc1nc(C)c2c(C(N)=O)nc3ccc(OC)nc3n12. The van der Waals surface area contributed by atoms with Gasteiger partial charge in [0, 0.05) is 12.5 Å². The van der Waals surface area contributed by atoms with Gasteiger partial charge in [0.25, 0.3) is 5.91 Å². The zero-order valence-electron chi connectivity index (χ0n) is 12.8. The van der Waals surface area contributed by atoms with Crippen LogP contribution in [-0.4, -0.2) is 32.4 Å². The second-order valence-corrected chi connectivity index (χ2v) is 5.07. The first kappa shape index (κ1) is 14.2. The fraction of sp³-hybridized carbons (Fsp3) is 0.333. The van der Waals surface area contributed by atoms with Crippen LogP contribution >= 0.6 is 0 Å². The Balaban J connectivity index is 2.51. The number of primary amides is 1. The lowest BCUT2D eigenvalue weighted by atomic mass is 10.2. The standard InChI is InChI=1S/C15H17N5O2/c1-4-5-10-17-8(2)13-12(14(16)21)18-9-6-7-11(22-3)19-15(9)20(10)13/h6-7H,4-5H2,1-3H3,(H2,16,21). The second kappa shape index (κ2) is 5.25. The molecule has 0 saturated heterocycles. The van der Waals surface area contributed by atoms with E-state index in [0.29, 0.717) is 22.6 Å². The summed E-state index contributed by atoms with van der Waals surface area (Å²) >= 11 is 0. The number of pyridine rings is 1. The average molecular weight is 299 g/mol. The van der Waals surface area contributed by atoms with Gasteiger partial charge in [-0.3, -0.25) is 9.20 Å². The first-order chi connectivity index (χ1) is 10.6. The minimum absolute atomic E-state index is 0.215. The zero-order chi connectivity index (χ0) is 15.9. The third-order valence-corrected chi connectivity index (χ3v) is 3.53.